The van der Waals surface area contributed by atoms with E-state index in [0.717, 1.165) is 30.8 Å². The topological polar surface area (TPSA) is 80.9 Å². The third-order valence-electron chi connectivity index (χ3n) is 8.90. The van der Waals surface area contributed by atoms with Crippen LogP contribution in [-0.2, 0) is 0 Å². The normalized spacial score (nSPS) is 35.0. The minimum Gasteiger partial charge on any atom is -0.396 e. The fourth-order valence-corrected chi connectivity index (χ4v) is 7.17. The SMILES string of the molecule is C[C@@H](CCCC(C)(C)O)C1CC[C@H]2/C(=C/C=C3C[C@@H](O)C(=CCCO)[C@H](O)C3)CCC[C@]12C. The second-order valence-corrected chi connectivity index (χ2v) is 12.0. The summed E-state index contributed by atoms with van der Waals surface area (Å²) in [6.07, 6.45) is 16.1. The molecule has 3 saturated carbocycles. The van der Waals surface area contributed by atoms with Crippen LogP contribution in [0.25, 0.3) is 0 Å². The van der Waals surface area contributed by atoms with E-state index in [1.807, 2.05) is 13.8 Å². The number of aliphatic hydroxyl groups is 4. The average molecular weight is 461 g/mol. The molecule has 4 nitrogen and oxygen atoms in total. The Hall–Kier alpha value is -0.940. The summed E-state index contributed by atoms with van der Waals surface area (Å²) in [5, 5.41) is 40.1. The summed E-state index contributed by atoms with van der Waals surface area (Å²) >= 11 is 0. The van der Waals surface area contributed by atoms with Crippen LogP contribution < -0.4 is 0 Å². The second kappa shape index (κ2) is 11.2. The minimum absolute atomic E-state index is 0.0386. The molecule has 0 aromatic heterocycles. The van der Waals surface area contributed by atoms with Crippen molar-refractivity contribution in [2.75, 3.05) is 6.61 Å². The van der Waals surface area contributed by atoms with Gasteiger partial charge in [0.1, 0.15) is 0 Å². The molecular weight excluding hydrogens is 412 g/mol. The fourth-order valence-electron chi connectivity index (χ4n) is 7.17. The second-order valence-electron chi connectivity index (χ2n) is 12.0. The van der Waals surface area contributed by atoms with Crippen LogP contribution in [-0.4, -0.2) is 44.8 Å². The van der Waals surface area contributed by atoms with Gasteiger partial charge in [-0.05, 0) is 100 Å². The lowest BCUT2D eigenvalue weighted by Crippen LogP contribution is -2.36. The molecule has 0 aliphatic heterocycles. The Morgan fingerprint density at radius 2 is 1.82 bits per heavy atom. The van der Waals surface area contributed by atoms with Gasteiger partial charge in [-0.3, -0.25) is 0 Å². The van der Waals surface area contributed by atoms with Gasteiger partial charge in [0, 0.05) is 6.61 Å². The van der Waals surface area contributed by atoms with Gasteiger partial charge in [0.05, 0.1) is 17.8 Å². The van der Waals surface area contributed by atoms with E-state index in [0.29, 0.717) is 42.1 Å². The smallest absolute Gasteiger partial charge is 0.0812 e. The largest absolute Gasteiger partial charge is 0.396 e. The Bertz CT molecular complexity index is 727. The van der Waals surface area contributed by atoms with Crippen molar-refractivity contribution in [3.05, 3.63) is 34.9 Å². The van der Waals surface area contributed by atoms with E-state index in [-0.39, 0.29) is 6.61 Å². The summed E-state index contributed by atoms with van der Waals surface area (Å²) in [5.41, 5.74) is 3.14. The van der Waals surface area contributed by atoms with Crippen molar-refractivity contribution in [1.82, 2.24) is 0 Å². The molecule has 0 spiro atoms. The highest BCUT2D eigenvalue weighted by atomic mass is 16.3. The molecule has 0 heterocycles. The predicted octanol–water partition coefficient (Wildman–Crippen LogP) is 5.46. The molecule has 3 aliphatic carbocycles. The molecule has 6 atom stereocenters. The monoisotopic (exact) mass is 460 g/mol. The highest BCUT2D eigenvalue weighted by Gasteiger charge is 2.50. The van der Waals surface area contributed by atoms with E-state index >= 15 is 0 Å². The van der Waals surface area contributed by atoms with Crippen LogP contribution in [0, 0.1) is 23.2 Å². The number of allylic oxidation sites excluding steroid dienone is 3. The van der Waals surface area contributed by atoms with E-state index in [1.165, 1.54) is 32.1 Å². The lowest BCUT2D eigenvalue weighted by atomic mass is 9.60. The Labute approximate surface area is 201 Å². The van der Waals surface area contributed by atoms with Crippen LogP contribution in [0.1, 0.15) is 98.3 Å². The highest BCUT2D eigenvalue weighted by molar-refractivity contribution is 5.30. The van der Waals surface area contributed by atoms with Gasteiger partial charge in [0.25, 0.3) is 0 Å². The molecule has 0 aromatic rings. The Morgan fingerprint density at radius 3 is 2.45 bits per heavy atom. The third kappa shape index (κ3) is 6.60. The first-order valence-electron chi connectivity index (χ1n) is 13.3. The molecule has 0 bridgehead atoms. The molecule has 4 heteroatoms. The molecule has 3 aliphatic rings. The van der Waals surface area contributed by atoms with Crippen LogP contribution in [0.15, 0.2) is 34.9 Å². The van der Waals surface area contributed by atoms with Crippen molar-refractivity contribution < 1.29 is 20.4 Å². The van der Waals surface area contributed by atoms with E-state index in [1.54, 1.807) is 11.6 Å². The van der Waals surface area contributed by atoms with Crippen molar-refractivity contribution in [2.24, 2.45) is 23.2 Å². The summed E-state index contributed by atoms with van der Waals surface area (Å²) in [7, 11) is 0. The van der Waals surface area contributed by atoms with Gasteiger partial charge in [-0.1, -0.05) is 56.1 Å². The van der Waals surface area contributed by atoms with Gasteiger partial charge in [-0.25, -0.2) is 0 Å². The molecular formula is C29H48O4. The van der Waals surface area contributed by atoms with Crippen molar-refractivity contribution in [1.29, 1.82) is 0 Å². The molecule has 0 saturated heterocycles. The minimum atomic E-state index is -0.651. The van der Waals surface area contributed by atoms with E-state index in [4.69, 9.17) is 5.11 Å². The quantitative estimate of drug-likeness (QED) is 0.363. The fraction of sp³-hybridized carbons (Fsp3) is 0.793. The van der Waals surface area contributed by atoms with Crippen LogP contribution in [0.3, 0.4) is 0 Å². The van der Waals surface area contributed by atoms with Crippen LogP contribution in [0.4, 0.5) is 0 Å². The standard InChI is InChI=1S/C29H48O4/c1-20(8-5-15-28(2,3)33)24-13-14-25-22(9-6-16-29(24,25)4)12-11-21-18-26(31)23(10-7-17-30)27(32)19-21/h10-12,20,24-27,30-33H,5-9,13-19H2,1-4H3/b21-11?,22-12+,23-10?/t20-,24?,25-,26+,27+,29+/m0/s1. The molecule has 33 heavy (non-hydrogen) atoms. The number of aliphatic hydroxyl groups excluding tert-OH is 3. The summed E-state index contributed by atoms with van der Waals surface area (Å²) in [6.45, 7) is 8.81. The lowest BCUT2D eigenvalue weighted by Gasteiger charge is -2.44. The molecule has 0 aromatic carbocycles. The Morgan fingerprint density at radius 1 is 1.12 bits per heavy atom. The van der Waals surface area contributed by atoms with E-state index in [9.17, 15) is 15.3 Å². The zero-order valence-corrected chi connectivity index (χ0v) is 21.4. The Balaban J connectivity index is 1.66. The lowest BCUT2D eigenvalue weighted by molar-refractivity contribution is 0.0596. The van der Waals surface area contributed by atoms with Crippen LogP contribution in [0.5, 0.6) is 0 Å². The van der Waals surface area contributed by atoms with Gasteiger partial charge >= 0.3 is 0 Å². The van der Waals surface area contributed by atoms with Gasteiger partial charge < -0.3 is 20.4 Å². The van der Waals surface area contributed by atoms with E-state index in [2.05, 4.69) is 26.0 Å². The number of hydrogen-bond acceptors (Lipinski definition) is 4. The van der Waals surface area contributed by atoms with Crippen molar-refractivity contribution >= 4 is 0 Å². The highest BCUT2D eigenvalue weighted by Crippen LogP contribution is 2.60. The first-order chi connectivity index (χ1) is 15.5. The maximum absolute atomic E-state index is 10.5. The molecule has 188 valence electrons. The number of hydrogen-bond donors (Lipinski definition) is 4. The van der Waals surface area contributed by atoms with Crippen molar-refractivity contribution in [2.45, 2.75) is 116 Å². The van der Waals surface area contributed by atoms with Gasteiger partial charge in [0.2, 0.25) is 0 Å². The summed E-state index contributed by atoms with van der Waals surface area (Å²) in [5.74, 6) is 2.08. The van der Waals surface area contributed by atoms with Gasteiger partial charge in [0.15, 0.2) is 0 Å². The first-order valence-corrected chi connectivity index (χ1v) is 13.3. The molecule has 4 N–H and O–H groups in total. The maximum Gasteiger partial charge on any atom is 0.0812 e. The molecule has 0 amide bonds. The van der Waals surface area contributed by atoms with Crippen molar-refractivity contribution in [3.63, 3.8) is 0 Å². The molecule has 3 fully saturated rings. The zero-order valence-electron chi connectivity index (χ0n) is 21.4. The van der Waals surface area contributed by atoms with Gasteiger partial charge in [-0.15, -0.1) is 0 Å². The molecule has 1 unspecified atom stereocenters. The maximum atomic E-state index is 10.5. The number of fused-ring (bicyclic) bond motifs is 1. The summed E-state index contributed by atoms with van der Waals surface area (Å²) in [4.78, 5) is 0. The third-order valence-corrected chi connectivity index (χ3v) is 8.90. The predicted molar refractivity (Wildman–Crippen MR) is 135 cm³/mol. The molecule has 0 radical (unpaired) electrons. The number of rotatable bonds is 8. The molecule has 3 rings (SSSR count). The van der Waals surface area contributed by atoms with Crippen LogP contribution in [0.2, 0.25) is 0 Å². The van der Waals surface area contributed by atoms with Gasteiger partial charge in [-0.2, -0.15) is 0 Å². The zero-order chi connectivity index (χ0) is 24.2. The van der Waals surface area contributed by atoms with Crippen molar-refractivity contribution in [3.8, 4) is 0 Å². The summed E-state index contributed by atoms with van der Waals surface area (Å²) in [6, 6.07) is 0. The van der Waals surface area contributed by atoms with E-state index < -0.39 is 17.8 Å². The first kappa shape index (κ1) is 26.7. The average Bonchev–Trinajstić information content (AvgIpc) is 3.08. The van der Waals surface area contributed by atoms with Crippen LogP contribution >= 0.6 is 0 Å². The summed E-state index contributed by atoms with van der Waals surface area (Å²) < 4.78 is 0. The Kier molecular flexibility index (Phi) is 9.05.